The van der Waals surface area contributed by atoms with E-state index in [1.165, 1.54) is 17.1 Å². The van der Waals surface area contributed by atoms with E-state index in [1.807, 2.05) is 0 Å². The summed E-state index contributed by atoms with van der Waals surface area (Å²) in [6, 6.07) is 4.24. The van der Waals surface area contributed by atoms with Crippen LogP contribution in [0.5, 0.6) is 0 Å². The minimum absolute atomic E-state index is 0.0268. The molecule has 0 radical (unpaired) electrons. The SMILES string of the molecule is O=C(O)NN1CCC(NC(=O)Cc2ccc(C(F)(F)F)cc2)C1. The molecule has 0 aromatic heterocycles. The van der Waals surface area contributed by atoms with E-state index in [9.17, 15) is 22.8 Å². The summed E-state index contributed by atoms with van der Waals surface area (Å²) in [5, 5.41) is 12.8. The van der Waals surface area contributed by atoms with Crippen molar-refractivity contribution in [1.29, 1.82) is 0 Å². The van der Waals surface area contributed by atoms with Gasteiger partial charge >= 0.3 is 12.3 Å². The molecule has 23 heavy (non-hydrogen) atoms. The highest BCUT2D eigenvalue weighted by atomic mass is 19.4. The highest BCUT2D eigenvalue weighted by molar-refractivity contribution is 5.79. The Morgan fingerprint density at radius 1 is 1.26 bits per heavy atom. The first-order chi connectivity index (χ1) is 10.7. The van der Waals surface area contributed by atoms with Gasteiger partial charge in [-0.05, 0) is 24.1 Å². The number of carbonyl (C=O) groups excluding carboxylic acids is 1. The average Bonchev–Trinajstić information content (AvgIpc) is 2.84. The summed E-state index contributed by atoms with van der Waals surface area (Å²) in [5.74, 6) is -0.313. The van der Waals surface area contributed by atoms with Crippen LogP contribution in [0, 0.1) is 0 Å². The van der Waals surface area contributed by atoms with E-state index in [0.717, 1.165) is 12.1 Å². The number of hydrogen-bond donors (Lipinski definition) is 3. The number of nitrogens with one attached hydrogen (secondary N) is 2. The summed E-state index contributed by atoms with van der Waals surface area (Å²) in [6.45, 7) is 0.836. The van der Waals surface area contributed by atoms with Gasteiger partial charge in [-0.15, -0.1) is 0 Å². The van der Waals surface area contributed by atoms with Gasteiger partial charge in [0.25, 0.3) is 0 Å². The fraction of sp³-hybridized carbons (Fsp3) is 0.429. The number of halogens is 3. The Morgan fingerprint density at radius 3 is 2.48 bits per heavy atom. The third-order valence-corrected chi connectivity index (χ3v) is 3.45. The summed E-state index contributed by atoms with van der Waals surface area (Å²) < 4.78 is 37.3. The Bertz CT molecular complexity index is 575. The van der Waals surface area contributed by atoms with Crippen LogP contribution in [0.15, 0.2) is 24.3 Å². The van der Waals surface area contributed by atoms with Gasteiger partial charge < -0.3 is 10.4 Å². The van der Waals surface area contributed by atoms with Gasteiger partial charge in [-0.25, -0.2) is 9.80 Å². The fourth-order valence-corrected chi connectivity index (χ4v) is 2.39. The van der Waals surface area contributed by atoms with E-state index in [4.69, 9.17) is 5.11 Å². The maximum absolute atomic E-state index is 12.4. The van der Waals surface area contributed by atoms with Crippen LogP contribution < -0.4 is 10.7 Å². The molecule has 9 heteroatoms. The maximum atomic E-state index is 12.4. The lowest BCUT2D eigenvalue weighted by molar-refractivity contribution is -0.137. The van der Waals surface area contributed by atoms with E-state index in [-0.39, 0.29) is 18.4 Å². The van der Waals surface area contributed by atoms with Crippen LogP contribution in [-0.4, -0.2) is 41.2 Å². The van der Waals surface area contributed by atoms with Gasteiger partial charge in [0.2, 0.25) is 5.91 Å². The molecule has 1 saturated heterocycles. The van der Waals surface area contributed by atoms with Crippen molar-refractivity contribution in [2.24, 2.45) is 0 Å². The number of carboxylic acid groups (broad SMARTS) is 1. The number of rotatable bonds is 4. The van der Waals surface area contributed by atoms with Crippen molar-refractivity contribution >= 4 is 12.0 Å². The number of amides is 2. The number of nitrogens with zero attached hydrogens (tertiary/aromatic N) is 1. The van der Waals surface area contributed by atoms with Crippen molar-refractivity contribution < 1.29 is 27.9 Å². The predicted molar refractivity (Wildman–Crippen MR) is 74.4 cm³/mol. The van der Waals surface area contributed by atoms with Crippen molar-refractivity contribution in [2.45, 2.75) is 25.1 Å². The summed E-state index contributed by atoms with van der Waals surface area (Å²) >= 11 is 0. The van der Waals surface area contributed by atoms with E-state index in [1.54, 1.807) is 0 Å². The van der Waals surface area contributed by atoms with Gasteiger partial charge in [0.1, 0.15) is 0 Å². The molecular weight excluding hydrogens is 315 g/mol. The largest absolute Gasteiger partial charge is 0.464 e. The molecule has 1 unspecified atom stereocenters. The highest BCUT2D eigenvalue weighted by Crippen LogP contribution is 2.29. The Hall–Kier alpha value is -2.29. The van der Waals surface area contributed by atoms with E-state index in [0.29, 0.717) is 25.1 Å². The second-order valence-electron chi connectivity index (χ2n) is 5.29. The topological polar surface area (TPSA) is 81.7 Å². The quantitative estimate of drug-likeness (QED) is 0.783. The van der Waals surface area contributed by atoms with Crippen LogP contribution in [0.1, 0.15) is 17.5 Å². The van der Waals surface area contributed by atoms with Crippen LogP contribution in [-0.2, 0) is 17.4 Å². The first kappa shape index (κ1) is 17.1. The smallest absolute Gasteiger partial charge is 0.419 e. The first-order valence-electron chi connectivity index (χ1n) is 6.94. The normalized spacial score (nSPS) is 18.7. The van der Waals surface area contributed by atoms with E-state index < -0.39 is 17.8 Å². The highest BCUT2D eigenvalue weighted by Gasteiger charge is 2.30. The predicted octanol–water partition coefficient (Wildman–Crippen LogP) is 1.62. The molecule has 1 aliphatic rings. The van der Waals surface area contributed by atoms with Crippen LogP contribution in [0.4, 0.5) is 18.0 Å². The van der Waals surface area contributed by atoms with Crippen molar-refractivity contribution in [3.63, 3.8) is 0 Å². The van der Waals surface area contributed by atoms with Crippen molar-refractivity contribution in [3.8, 4) is 0 Å². The van der Waals surface area contributed by atoms with Crippen molar-refractivity contribution in [2.75, 3.05) is 13.1 Å². The molecule has 2 rings (SSSR count). The summed E-state index contributed by atoms with van der Waals surface area (Å²) in [4.78, 5) is 22.4. The molecule has 0 saturated carbocycles. The van der Waals surface area contributed by atoms with Gasteiger partial charge in [0.15, 0.2) is 0 Å². The number of carbonyl (C=O) groups is 2. The molecule has 1 aromatic carbocycles. The van der Waals surface area contributed by atoms with Crippen molar-refractivity contribution in [1.82, 2.24) is 15.8 Å². The van der Waals surface area contributed by atoms with Gasteiger partial charge in [0.05, 0.1) is 12.0 Å². The zero-order chi connectivity index (χ0) is 17.0. The zero-order valence-corrected chi connectivity index (χ0v) is 12.1. The van der Waals surface area contributed by atoms with Gasteiger partial charge in [0, 0.05) is 19.1 Å². The minimum atomic E-state index is -4.40. The third-order valence-electron chi connectivity index (χ3n) is 3.45. The molecule has 1 atom stereocenters. The average molecular weight is 331 g/mol. The third kappa shape index (κ3) is 5.13. The van der Waals surface area contributed by atoms with Crippen molar-refractivity contribution in [3.05, 3.63) is 35.4 Å². The molecule has 0 aliphatic carbocycles. The lowest BCUT2D eigenvalue weighted by Crippen LogP contribution is -2.43. The Balaban J connectivity index is 1.82. The van der Waals surface area contributed by atoms with Crippen LogP contribution in [0.2, 0.25) is 0 Å². The number of alkyl halides is 3. The molecule has 3 N–H and O–H groups in total. The molecule has 1 heterocycles. The van der Waals surface area contributed by atoms with Gasteiger partial charge in [-0.1, -0.05) is 12.1 Å². The van der Waals surface area contributed by atoms with Crippen LogP contribution in [0.3, 0.4) is 0 Å². The lowest BCUT2D eigenvalue weighted by atomic mass is 10.1. The van der Waals surface area contributed by atoms with E-state index >= 15 is 0 Å². The van der Waals surface area contributed by atoms with Crippen LogP contribution >= 0.6 is 0 Å². The minimum Gasteiger partial charge on any atom is -0.464 e. The Kier molecular flexibility index (Phi) is 5.09. The van der Waals surface area contributed by atoms with E-state index in [2.05, 4.69) is 10.7 Å². The Labute approximate surface area is 130 Å². The molecule has 1 aromatic rings. The molecule has 2 amide bonds. The zero-order valence-electron chi connectivity index (χ0n) is 12.1. The molecule has 1 aliphatic heterocycles. The number of benzene rings is 1. The monoisotopic (exact) mass is 331 g/mol. The second kappa shape index (κ2) is 6.86. The fourth-order valence-electron chi connectivity index (χ4n) is 2.39. The molecule has 0 bridgehead atoms. The molecule has 0 spiro atoms. The number of hydrogen-bond acceptors (Lipinski definition) is 3. The number of hydrazine groups is 1. The Morgan fingerprint density at radius 2 is 1.91 bits per heavy atom. The maximum Gasteiger partial charge on any atom is 0.419 e. The first-order valence-corrected chi connectivity index (χ1v) is 6.94. The second-order valence-corrected chi connectivity index (χ2v) is 5.29. The lowest BCUT2D eigenvalue weighted by Gasteiger charge is -2.16. The molecule has 1 fully saturated rings. The summed E-state index contributed by atoms with van der Waals surface area (Å²) in [7, 11) is 0. The van der Waals surface area contributed by atoms with Gasteiger partial charge in [-0.2, -0.15) is 13.2 Å². The molecule has 6 nitrogen and oxygen atoms in total. The molecule has 126 valence electrons. The van der Waals surface area contributed by atoms with Gasteiger partial charge in [-0.3, -0.25) is 10.2 Å². The van der Waals surface area contributed by atoms with Crippen LogP contribution in [0.25, 0.3) is 0 Å². The molecular formula is C14H16F3N3O3. The summed E-state index contributed by atoms with van der Waals surface area (Å²) in [6.07, 6.45) is -4.99. The summed E-state index contributed by atoms with van der Waals surface area (Å²) in [5.41, 5.74) is 1.93. The standard InChI is InChI=1S/C14H16F3N3O3/c15-14(16,17)10-3-1-9(2-4-10)7-12(21)18-11-5-6-20(8-11)19-13(22)23/h1-4,11,19H,5-8H2,(H,18,21)(H,22,23).